The molecule has 0 aliphatic heterocycles. The van der Waals surface area contributed by atoms with E-state index in [9.17, 15) is 24.3 Å². The molecule has 0 unspecified atom stereocenters. The Morgan fingerprint density at radius 2 is 1.84 bits per heavy atom. The van der Waals surface area contributed by atoms with Gasteiger partial charge < -0.3 is 14.6 Å². The monoisotopic (exact) mass is 446 g/mol. The third-order valence-electron chi connectivity index (χ3n) is 4.85. The highest BCUT2D eigenvalue weighted by molar-refractivity contribution is 7.20. The fourth-order valence-corrected chi connectivity index (χ4v) is 4.57. The maximum Gasteiger partial charge on any atom is 0.348 e. The summed E-state index contributed by atoms with van der Waals surface area (Å²) in [6, 6.07) is 9.20. The van der Waals surface area contributed by atoms with Crippen molar-refractivity contribution < 1.29 is 24.2 Å². The van der Waals surface area contributed by atoms with Gasteiger partial charge in [-0.15, -0.1) is 11.3 Å². The first-order valence-corrected chi connectivity index (χ1v) is 10.3. The molecule has 0 fully saturated rings. The third-order valence-corrected chi connectivity index (χ3v) is 6.15. The number of aliphatic carboxylic acids is 1. The number of carboxylic acid groups (broad SMARTS) is 1. The number of methoxy groups -OCH3 is 1. The van der Waals surface area contributed by atoms with Gasteiger partial charge in [0, 0.05) is 7.11 Å². The Morgan fingerprint density at radius 1 is 1.16 bits per heavy atom. The number of aryl methyl sites for hydroxylation is 1. The van der Waals surface area contributed by atoms with Crippen LogP contribution in [0.2, 0.25) is 0 Å². The van der Waals surface area contributed by atoms with Crippen LogP contribution in [0.25, 0.3) is 10.2 Å². The lowest BCUT2D eigenvalue weighted by Crippen LogP contribution is -2.42. The molecule has 1 atom stereocenters. The SMILES string of the molecule is CCOC(=O)c1sc2c(c1C)c(=O)n(CC(=O)O)c(=O)n2C[C@@H](OC)c1ccccc1. The summed E-state index contributed by atoms with van der Waals surface area (Å²) in [5, 5.41) is 9.34. The van der Waals surface area contributed by atoms with Crippen molar-refractivity contribution in [1.82, 2.24) is 9.13 Å². The minimum absolute atomic E-state index is 0.0258. The van der Waals surface area contributed by atoms with Gasteiger partial charge in [-0.25, -0.2) is 14.2 Å². The molecule has 2 aromatic heterocycles. The minimum atomic E-state index is -1.32. The Balaban J connectivity index is 2.28. The molecule has 0 spiro atoms. The van der Waals surface area contributed by atoms with Gasteiger partial charge in [0.05, 0.1) is 18.5 Å². The molecular formula is C21H22N2O7S. The first-order valence-electron chi connectivity index (χ1n) is 9.53. The molecule has 0 amide bonds. The molecule has 164 valence electrons. The van der Waals surface area contributed by atoms with Gasteiger partial charge in [-0.1, -0.05) is 30.3 Å². The number of fused-ring (bicyclic) bond motifs is 1. The number of benzene rings is 1. The Kier molecular flexibility index (Phi) is 6.71. The minimum Gasteiger partial charge on any atom is -0.480 e. The normalized spacial score (nSPS) is 12.1. The van der Waals surface area contributed by atoms with Gasteiger partial charge >= 0.3 is 17.6 Å². The average Bonchev–Trinajstić information content (AvgIpc) is 3.09. The lowest BCUT2D eigenvalue weighted by atomic mass is 10.1. The summed E-state index contributed by atoms with van der Waals surface area (Å²) in [6.07, 6.45) is -0.536. The Bertz CT molecular complexity index is 1240. The zero-order chi connectivity index (χ0) is 22.7. The summed E-state index contributed by atoms with van der Waals surface area (Å²) in [7, 11) is 1.50. The number of hydrogen-bond acceptors (Lipinski definition) is 7. The number of rotatable bonds is 8. The molecule has 0 radical (unpaired) electrons. The molecule has 0 aliphatic rings. The van der Waals surface area contributed by atoms with E-state index in [1.807, 2.05) is 30.3 Å². The third kappa shape index (κ3) is 4.30. The largest absolute Gasteiger partial charge is 0.480 e. The zero-order valence-corrected chi connectivity index (χ0v) is 18.1. The molecule has 1 aromatic carbocycles. The number of nitrogens with zero attached hydrogens (tertiary/aromatic N) is 2. The molecule has 9 nitrogen and oxygen atoms in total. The summed E-state index contributed by atoms with van der Waals surface area (Å²) < 4.78 is 12.6. The first kappa shape index (κ1) is 22.4. The van der Waals surface area contributed by atoms with Crippen LogP contribution < -0.4 is 11.2 Å². The smallest absolute Gasteiger partial charge is 0.348 e. The van der Waals surface area contributed by atoms with Crippen molar-refractivity contribution in [1.29, 1.82) is 0 Å². The second-order valence-corrected chi connectivity index (χ2v) is 7.77. The maximum absolute atomic E-state index is 13.1. The summed E-state index contributed by atoms with van der Waals surface area (Å²) >= 11 is 0.974. The van der Waals surface area contributed by atoms with E-state index < -0.39 is 35.8 Å². The van der Waals surface area contributed by atoms with E-state index in [0.717, 1.165) is 16.9 Å². The molecule has 0 bridgehead atoms. The van der Waals surface area contributed by atoms with Crippen LogP contribution in [0.4, 0.5) is 0 Å². The van der Waals surface area contributed by atoms with E-state index in [-0.39, 0.29) is 28.2 Å². The number of carboxylic acids is 1. The Morgan fingerprint density at radius 3 is 2.42 bits per heavy atom. The maximum atomic E-state index is 13.1. The number of ether oxygens (including phenoxy) is 2. The van der Waals surface area contributed by atoms with Gasteiger partial charge in [-0.2, -0.15) is 0 Å². The molecule has 3 rings (SSSR count). The highest BCUT2D eigenvalue weighted by Crippen LogP contribution is 2.30. The van der Waals surface area contributed by atoms with E-state index in [1.165, 1.54) is 11.7 Å². The van der Waals surface area contributed by atoms with Crippen molar-refractivity contribution in [3.05, 3.63) is 67.2 Å². The Hall–Kier alpha value is -3.24. The van der Waals surface area contributed by atoms with E-state index in [4.69, 9.17) is 9.47 Å². The van der Waals surface area contributed by atoms with Crippen LogP contribution in [-0.4, -0.2) is 39.9 Å². The fourth-order valence-electron chi connectivity index (χ4n) is 3.37. The van der Waals surface area contributed by atoms with Crippen LogP contribution >= 0.6 is 11.3 Å². The van der Waals surface area contributed by atoms with Gasteiger partial charge in [0.25, 0.3) is 5.56 Å². The topological polar surface area (TPSA) is 117 Å². The van der Waals surface area contributed by atoms with Crippen LogP contribution in [0, 0.1) is 6.92 Å². The van der Waals surface area contributed by atoms with Gasteiger partial charge in [-0.3, -0.25) is 14.2 Å². The molecule has 31 heavy (non-hydrogen) atoms. The Labute approximate surface area is 181 Å². The average molecular weight is 446 g/mol. The predicted octanol–water partition coefficient (Wildman–Crippen LogP) is 2.18. The number of hydrogen-bond donors (Lipinski definition) is 1. The number of carbonyl (C=O) groups is 2. The highest BCUT2D eigenvalue weighted by atomic mass is 32.1. The number of thiophene rings is 1. The molecular weight excluding hydrogens is 424 g/mol. The van der Waals surface area contributed by atoms with Crippen molar-refractivity contribution >= 4 is 33.5 Å². The van der Waals surface area contributed by atoms with Crippen molar-refractivity contribution in [2.45, 2.75) is 33.0 Å². The molecule has 0 saturated carbocycles. The lowest BCUT2D eigenvalue weighted by Gasteiger charge is -2.18. The van der Waals surface area contributed by atoms with Gasteiger partial charge in [0.15, 0.2) is 0 Å². The number of esters is 1. The van der Waals surface area contributed by atoms with Crippen molar-refractivity contribution in [2.75, 3.05) is 13.7 Å². The number of carbonyl (C=O) groups excluding carboxylic acids is 1. The molecule has 2 heterocycles. The highest BCUT2D eigenvalue weighted by Gasteiger charge is 2.26. The second-order valence-electron chi connectivity index (χ2n) is 6.77. The van der Waals surface area contributed by atoms with E-state index in [2.05, 4.69) is 0 Å². The second kappa shape index (κ2) is 9.27. The quantitative estimate of drug-likeness (QED) is 0.527. The van der Waals surface area contributed by atoms with Crippen LogP contribution in [0.1, 0.15) is 33.8 Å². The summed E-state index contributed by atoms with van der Waals surface area (Å²) in [5.41, 5.74) is -0.379. The van der Waals surface area contributed by atoms with Crippen LogP contribution in [0.15, 0.2) is 39.9 Å². The van der Waals surface area contributed by atoms with Crippen LogP contribution in [0.3, 0.4) is 0 Å². The molecule has 3 aromatic rings. The van der Waals surface area contributed by atoms with Gasteiger partial charge in [0.2, 0.25) is 0 Å². The standard InChI is InChI=1S/C21H22N2O7S/c1-4-30-20(27)17-12(2)16-18(26)22(11-15(24)25)21(28)23(19(16)31-17)10-14(29-3)13-8-6-5-7-9-13/h5-9,14H,4,10-11H2,1-3H3,(H,24,25)/t14-/m1/s1. The molecule has 10 heteroatoms. The van der Waals surface area contributed by atoms with Gasteiger partial charge in [-0.05, 0) is 25.0 Å². The van der Waals surface area contributed by atoms with Gasteiger partial charge in [0.1, 0.15) is 22.4 Å². The summed E-state index contributed by atoms with van der Waals surface area (Å²) in [6.45, 7) is 2.64. The summed E-state index contributed by atoms with van der Waals surface area (Å²) in [5.74, 6) is -1.93. The molecule has 1 N–H and O–H groups in total. The first-order chi connectivity index (χ1) is 14.8. The number of aromatic nitrogens is 2. The molecule has 0 aliphatic carbocycles. The fraction of sp³-hybridized carbons (Fsp3) is 0.333. The van der Waals surface area contributed by atoms with E-state index >= 15 is 0 Å². The predicted molar refractivity (Wildman–Crippen MR) is 115 cm³/mol. The van der Waals surface area contributed by atoms with Crippen LogP contribution in [-0.2, 0) is 27.4 Å². The van der Waals surface area contributed by atoms with Crippen molar-refractivity contribution in [2.24, 2.45) is 0 Å². The zero-order valence-electron chi connectivity index (χ0n) is 17.3. The summed E-state index contributed by atoms with van der Waals surface area (Å²) in [4.78, 5) is 50.3. The van der Waals surface area contributed by atoms with Crippen LogP contribution in [0.5, 0.6) is 0 Å². The van der Waals surface area contributed by atoms with E-state index in [1.54, 1.807) is 13.8 Å². The van der Waals surface area contributed by atoms with E-state index in [0.29, 0.717) is 10.1 Å². The van der Waals surface area contributed by atoms with Crippen molar-refractivity contribution in [3.8, 4) is 0 Å². The van der Waals surface area contributed by atoms with Crippen molar-refractivity contribution in [3.63, 3.8) is 0 Å². The lowest BCUT2D eigenvalue weighted by molar-refractivity contribution is -0.137. The molecule has 0 saturated heterocycles.